The highest BCUT2D eigenvalue weighted by Gasteiger charge is 2.65. The van der Waals surface area contributed by atoms with E-state index in [0.29, 0.717) is 24.2 Å². The van der Waals surface area contributed by atoms with Gasteiger partial charge in [0.1, 0.15) is 12.2 Å². The van der Waals surface area contributed by atoms with Crippen molar-refractivity contribution in [1.29, 1.82) is 0 Å². The smallest absolute Gasteiger partial charge is 0.264 e. The zero-order valence-corrected chi connectivity index (χ0v) is 30.7. The Bertz CT molecular complexity index is 1490. The summed E-state index contributed by atoms with van der Waals surface area (Å²) in [5, 5.41) is 0. The molecule has 0 aromatic carbocycles. The molecule has 11 atom stereocenters. The van der Waals surface area contributed by atoms with Gasteiger partial charge >= 0.3 is 31.2 Å². The second kappa shape index (κ2) is 12.9. The molecule has 0 heterocycles. The van der Waals surface area contributed by atoms with E-state index in [0.717, 1.165) is 32.1 Å². The van der Waals surface area contributed by atoms with Gasteiger partial charge in [-0.05, 0) is 116 Å². The molecule has 4 rings (SSSR count). The van der Waals surface area contributed by atoms with Crippen molar-refractivity contribution >= 4 is 31.2 Å². The van der Waals surface area contributed by atoms with Gasteiger partial charge in [-0.1, -0.05) is 60.1 Å². The summed E-state index contributed by atoms with van der Waals surface area (Å²) in [4.78, 5) is 0. The predicted molar refractivity (Wildman–Crippen MR) is 171 cm³/mol. The van der Waals surface area contributed by atoms with E-state index in [1.165, 1.54) is 5.57 Å². The Morgan fingerprint density at radius 3 is 1.85 bits per heavy atom. The molecule has 4 aliphatic rings. The van der Waals surface area contributed by atoms with Gasteiger partial charge in [-0.2, -0.15) is 25.3 Å². The van der Waals surface area contributed by atoms with Crippen molar-refractivity contribution in [2.24, 2.45) is 57.7 Å². The molecule has 0 bridgehead atoms. The lowest BCUT2D eigenvalue weighted by atomic mass is 9.43. The van der Waals surface area contributed by atoms with Crippen molar-refractivity contribution < 1.29 is 51.5 Å². The lowest BCUT2D eigenvalue weighted by Gasteiger charge is -2.63. The Balaban J connectivity index is 1.67. The molecule has 46 heavy (non-hydrogen) atoms. The fourth-order valence-corrected chi connectivity index (χ4v) is 11.8. The maximum Gasteiger partial charge on any atom is 0.397 e. The highest BCUT2D eigenvalue weighted by Crippen LogP contribution is 2.69. The Morgan fingerprint density at radius 2 is 1.30 bits per heavy atom. The van der Waals surface area contributed by atoms with Crippen molar-refractivity contribution in [2.75, 3.05) is 0 Å². The average Bonchev–Trinajstić information content (AvgIpc) is 3.22. The molecular formula is C31H54O12S3. The summed E-state index contributed by atoms with van der Waals surface area (Å²) < 4.78 is 115. The molecule has 0 unspecified atom stereocenters. The molecule has 4 saturated carbocycles. The average molecular weight is 715 g/mol. The minimum absolute atomic E-state index is 0.0217. The minimum Gasteiger partial charge on any atom is -0.264 e. The molecule has 0 aromatic rings. The molecule has 0 aliphatic heterocycles. The first-order chi connectivity index (χ1) is 20.8. The van der Waals surface area contributed by atoms with E-state index < -0.39 is 60.8 Å². The van der Waals surface area contributed by atoms with Crippen LogP contribution in [-0.2, 0) is 43.7 Å². The van der Waals surface area contributed by atoms with Gasteiger partial charge < -0.3 is 0 Å². The Kier molecular flexibility index (Phi) is 10.7. The monoisotopic (exact) mass is 714 g/mol. The molecule has 0 amide bonds. The van der Waals surface area contributed by atoms with Crippen LogP contribution in [0.5, 0.6) is 0 Å². The number of hydrogen-bond acceptors (Lipinski definition) is 9. The van der Waals surface area contributed by atoms with E-state index in [1.54, 1.807) is 0 Å². The van der Waals surface area contributed by atoms with E-state index in [-0.39, 0.29) is 41.4 Å². The van der Waals surface area contributed by atoms with Crippen LogP contribution in [0.25, 0.3) is 0 Å². The van der Waals surface area contributed by atoms with Crippen LogP contribution in [0, 0.1) is 57.7 Å². The lowest BCUT2D eigenvalue weighted by Crippen LogP contribution is -2.62. The van der Waals surface area contributed by atoms with E-state index in [4.69, 9.17) is 12.5 Å². The van der Waals surface area contributed by atoms with Crippen LogP contribution in [0.2, 0.25) is 0 Å². The van der Waals surface area contributed by atoms with E-state index in [2.05, 4.69) is 54.5 Å². The summed E-state index contributed by atoms with van der Waals surface area (Å²) in [6.07, 6.45) is 2.85. The Hall–Kier alpha value is -0.650. The largest absolute Gasteiger partial charge is 0.397 e. The normalized spacial score (nSPS) is 39.9. The zero-order valence-electron chi connectivity index (χ0n) is 28.2. The van der Waals surface area contributed by atoms with Crippen LogP contribution in [-0.4, -0.2) is 57.2 Å². The third-order valence-electron chi connectivity index (χ3n) is 13.4. The van der Waals surface area contributed by atoms with Crippen molar-refractivity contribution in [3.05, 3.63) is 11.6 Å². The fourth-order valence-electron chi connectivity index (χ4n) is 10.3. The number of allylic oxidation sites excluding steroid dienone is 2. The molecule has 0 aromatic heterocycles. The second-order valence-corrected chi connectivity index (χ2v) is 19.2. The fraction of sp³-hybridized carbons (Fsp3) is 0.935. The molecule has 12 nitrogen and oxygen atoms in total. The SMILES string of the molecule is C/C(=C\C[C@@H](C)[C@@H]1CC[C@H]2[C@@H]3C[C@H](OS(=O)(=O)O)[C@H]4C[C@H](OS(=O)(=O)O)[C@H](OS(=O)(=O)O)C[C@]4(C)[C@H]3CC[C@@]21C)C(C)(C)C(C)C. The molecule has 0 radical (unpaired) electrons. The first-order valence-corrected chi connectivity index (χ1v) is 20.5. The van der Waals surface area contributed by atoms with Gasteiger partial charge in [-0.3, -0.25) is 13.7 Å². The van der Waals surface area contributed by atoms with Gasteiger partial charge in [0.2, 0.25) is 0 Å². The molecule has 268 valence electrons. The van der Waals surface area contributed by atoms with Gasteiger partial charge in [0.15, 0.2) is 0 Å². The van der Waals surface area contributed by atoms with Crippen LogP contribution >= 0.6 is 0 Å². The van der Waals surface area contributed by atoms with E-state index >= 15 is 0 Å². The summed E-state index contributed by atoms with van der Waals surface area (Å²) >= 11 is 0. The lowest BCUT2D eigenvalue weighted by molar-refractivity contribution is -0.183. The molecule has 4 aliphatic carbocycles. The van der Waals surface area contributed by atoms with E-state index in [9.17, 15) is 38.9 Å². The summed E-state index contributed by atoms with van der Waals surface area (Å²) in [5.41, 5.74) is 0.611. The number of fused-ring (bicyclic) bond motifs is 5. The zero-order chi connectivity index (χ0) is 34.8. The van der Waals surface area contributed by atoms with Crippen molar-refractivity contribution in [3.63, 3.8) is 0 Å². The first kappa shape index (κ1) is 38.2. The maximum absolute atomic E-state index is 12.1. The second-order valence-electron chi connectivity index (χ2n) is 16.1. The summed E-state index contributed by atoms with van der Waals surface area (Å²) in [6, 6.07) is 0. The van der Waals surface area contributed by atoms with Crippen LogP contribution < -0.4 is 0 Å². The first-order valence-electron chi connectivity index (χ1n) is 16.4. The third kappa shape index (κ3) is 7.88. The minimum atomic E-state index is -5.07. The highest BCUT2D eigenvalue weighted by atomic mass is 32.3. The topological polar surface area (TPSA) is 191 Å². The van der Waals surface area contributed by atoms with E-state index in [1.807, 2.05) is 6.92 Å². The maximum atomic E-state index is 12.1. The van der Waals surface area contributed by atoms with Crippen LogP contribution in [0.3, 0.4) is 0 Å². The highest BCUT2D eigenvalue weighted by molar-refractivity contribution is 7.81. The summed E-state index contributed by atoms with van der Waals surface area (Å²) in [5.74, 6) is 0.836. The Labute approximate surface area is 276 Å². The van der Waals surface area contributed by atoms with Gasteiger partial charge in [0.25, 0.3) is 0 Å². The van der Waals surface area contributed by atoms with Gasteiger partial charge in [0.05, 0.1) is 6.10 Å². The van der Waals surface area contributed by atoms with Gasteiger partial charge in [0, 0.05) is 0 Å². The van der Waals surface area contributed by atoms with Crippen LogP contribution in [0.15, 0.2) is 11.6 Å². The predicted octanol–water partition coefficient (Wildman–Crippen LogP) is 6.08. The molecule has 3 N–H and O–H groups in total. The quantitative estimate of drug-likeness (QED) is 0.165. The molecule has 4 fully saturated rings. The van der Waals surface area contributed by atoms with Crippen LogP contribution in [0.4, 0.5) is 0 Å². The number of hydrogen-bond donors (Lipinski definition) is 3. The standard InChI is InChI=1S/C31H54O12S3/c1-18(2)29(5,6)20(4)10-9-19(3)22-11-12-23-21-15-26(41-44(32,33)34)25-16-27(42-45(35,36)37)28(43-46(38,39)40)17-31(25,8)24(21)13-14-30(22,23)7/h10,18-19,21-28H,9,11-17H2,1-8H3,(H,32,33,34)(H,35,36,37)(H,38,39,40)/b20-10+/t19-,21+,22+,23+,24+,25-,26+,27+,28-,30-,31-/m1/s1. The van der Waals surface area contributed by atoms with Crippen molar-refractivity contribution in [3.8, 4) is 0 Å². The molecule has 0 saturated heterocycles. The van der Waals surface area contributed by atoms with Crippen molar-refractivity contribution in [1.82, 2.24) is 0 Å². The van der Waals surface area contributed by atoms with Gasteiger partial charge in [-0.15, -0.1) is 0 Å². The molecule has 15 heteroatoms. The molecular weight excluding hydrogens is 661 g/mol. The summed E-state index contributed by atoms with van der Waals surface area (Å²) in [6.45, 7) is 17.8. The van der Waals surface area contributed by atoms with Gasteiger partial charge in [-0.25, -0.2) is 12.5 Å². The number of rotatable bonds is 11. The molecule has 0 spiro atoms. The summed E-state index contributed by atoms with van der Waals surface area (Å²) in [7, 11) is -15.0. The van der Waals surface area contributed by atoms with Crippen molar-refractivity contribution in [2.45, 2.75) is 125 Å². The Morgan fingerprint density at radius 1 is 0.783 bits per heavy atom. The third-order valence-corrected chi connectivity index (χ3v) is 14.8. The van der Waals surface area contributed by atoms with Crippen LogP contribution in [0.1, 0.15) is 107 Å².